The number of piperazine rings is 1. The van der Waals surface area contributed by atoms with Crippen molar-refractivity contribution < 1.29 is 19.1 Å². The van der Waals surface area contributed by atoms with E-state index in [4.69, 9.17) is 9.47 Å². The average molecular weight is 588 g/mol. The average Bonchev–Trinajstić information content (AvgIpc) is 2.95. The maximum absolute atomic E-state index is 14.1. The van der Waals surface area contributed by atoms with E-state index in [1.807, 2.05) is 25.7 Å². The molecule has 0 bridgehead atoms. The SMILES string of the molecule is CC(C)c1ccccc1C1CN(Cc2ccc3c(c2)CCCO3)CC(=O)N1C1CC2(CCN(C(=O)OC(C)(C)C)CC2)C1. The topological polar surface area (TPSA) is 62.3 Å². The maximum atomic E-state index is 14.1. The molecule has 3 heterocycles. The van der Waals surface area contributed by atoms with Gasteiger partial charge in [-0.05, 0) is 98.9 Å². The van der Waals surface area contributed by atoms with Gasteiger partial charge < -0.3 is 19.3 Å². The highest BCUT2D eigenvalue weighted by Gasteiger charge is 2.52. The number of carbonyl (C=O) groups excluding carboxylic acids is 2. The molecule has 232 valence electrons. The van der Waals surface area contributed by atoms with Gasteiger partial charge in [0.15, 0.2) is 0 Å². The Labute approximate surface area is 257 Å². The number of likely N-dealkylation sites (tertiary alicyclic amines) is 1. The molecule has 2 aromatic rings. The number of rotatable bonds is 5. The maximum Gasteiger partial charge on any atom is 0.410 e. The van der Waals surface area contributed by atoms with Crippen molar-refractivity contribution in [1.29, 1.82) is 0 Å². The molecule has 0 N–H and O–H groups in total. The molecule has 1 spiro atoms. The number of benzene rings is 2. The first kappa shape index (κ1) is 30.0. The zero-order chi connectivity index (χ0) is 30.4. The Balaban J connectivity index is 1.18. The largest absolute Gasteiger partial charge is 0.493 e. The number of carbonyl (C=O) groups is 2. The first-order valence-corrected chi connectivity index (χ1v) is 16.4. The van der Waals surface area contributed by atoms with Crippen molar-refractivity contribution in [3.8, 4) is 5.75 Å². The first-order valence-electron chi connectivity index (χ1n) is 16.4. The summed E-state index contributed by atoms with van der Waals surface area (Å²) >= 11 is 0. The van der Waals surface area contributed by atoms with Gasteiger partial charge in [-0.15, -0.1) is 0 Å². The molecule has 4 aliphatic rings. The van der Waals surface area contributed by atoms with E-state index >= 15 is 0 Å². The molecule has 1 saturated carbocycles. The summed E-state index contributed by atoms with van der Waals surface area (Å²) in [6.45, 7) is 14.5. The van der Waals surface area contributed by atoms with Crippen LogP contribution in [-0.4, -0.2) is 71.1 Å². The number of nitrogens with zero attached hydrogens (tertiary/aromatic N) is 3. The van der Waals surface area contributed by atoms with Gasteiger partial charge in [0.1, 0.15) is 11.4 Å². The molecular weight excluding hydrogens is 538 g/mol. The first-order chi connectivity index (χ1) is 20.5. The normalized spacial score (nSPS) is 22.7. The summed E-state index contributed by atoms with van der Waals surface area (Å²) in [5, 5.41) is 0. The van der Waals surface area contributed by atoms with E-state index in [0.29, 0.717) is 12.5 Å². The van der Waals surface area contributed by atoms with Gasteiger partial charge in [-0.3, -0.25) is 9.69 Å². The van der Waals surface area contributed by atoms with Gasteiger partial charge in [0, 0.05) is 32.2 Å². The molecular formula is C36H49N3O4. The molecule has 0 radical (unpaired) electrons. The van der Waals surface area contributed by atoms with Crippen molar-refractivity contribution in [2.24, 2.45) is 5.41 Å². The molecule has 1 unspecified atom stereocenters. The van der Waals surface area contributed by atoms with Crippen LogP contribution >= 0.6 is 0 Å². The van der Waals surface area contributed by atoms with Crippen molar-refractivity contribution in [2.45, 2.75) is 103 Å². The summed E-state index contributed by atoms with van der Waals surface area (Å²) in [5.41, 5.74) is 4.89. The van der Waals surface area contributed by atoms with E-state index in [1.165, 1.54) is 22.3 Å². The summed E-state index contributed by atoms with van der Waals surface area (Å²) < 4.78 is 11.5. The Morgan fingerprint density at radius 3 is 2.56 bits per heavy atom. The van der Waals surface area contributed by atoms with Crippen LogP contribution in [0.15, 0.2) is 42.5 Å². The van der Waals surface area contributed by atoms with Gasteiger partial charge in [0.05, 0.1) is 19.2 Å². The van der Waals surface area contributed by atoms with Crippen LogP contribution in [0.4, 0.5) is 4.79 Å². The third-order valence-corrected chi connectivity index (χ3v) is 9.98. The Kier molecular flexibility index (Phi) is 8.22. The Hall–Kier alpha value is -3.06. The molecule has 3 aliphatic heterocycles. The minimum atomic E-state index is -0.480. The molecule has 6 rings (SSSR count). The van der Waals surface area contributed by atoms with Crippen LogP contribution in [0.5, 0.6) is 5.75 Å². The van der Waals surface area contributed by atoms with Crippen LogP contribution in [0.1, 0.15) is 101 Å². The van der Waals surface area contributed by atoms with Crippen LogP contribution in [0.2, 0.25) is 0 Å². The number of aryl methyl sites for hydroxylation is 1. The van der Waals surface area contributed by atoms with E-state index in [1.54, 1.807) is 0 Å². The zero-order valence-corrected chi connectivity index (χ0v) is 26.7. The fourth-order valence-corrected chi connectivity index (χ4v) is 7.82. The Morgan fingerprint density at radius 2 is 1.84 bits per heavy atom. The van der Waals surface area contributed by atoms with Gasteiger partial charge >= 0.3 is 6.09 Å². The number of hydrogen-bond acceptors (Lipinski definition) is 5. The second-order valence-corrected chi connectivity index (χ2v) is 14.7. The van der Waals surface area contributed by atoms with E-state index in [0.717, 1.165) is 77.1 Å². The molecule has 2 amide bonds. The summed E-state index contributed by atoms with van der Waals surface area (Å²) in [5.74, 6) is 1.63. The van der Waals surface area contributed by atoms with Crippen LogP contribution in [0.3, 0.4) is 0 Å². The van der Waals surface area contributed by atoms with Crippen molar-refractivity contribution in [1.82, 2.24) is 14.7 Å². The molecule has 0 aromatic heterocycles. The standard InChI is InChI=1S/C36H49N3O4/c1-25(2)29-10-6-7-11-30(29)31-23-37(22-26-12-13-32-27(19-26)9-8-18-42-32)24-33(40)39(31)28-20-36(21-28)14-16-38(17-15-36)34(41)43-35(3,4)5/h6-7,10-13,19,25,28,31H,8-9,14-18,20-24H2,1-5H3. The lowest BCUT2D eigenvalue weighted by atomic mass is 9.59. The van der Waals surface area contributed by atoms with Gasteiger partial charge in [-0.25, -0.2) is 4.79 Å². The second-order valence-electron chi connectivity index (χ2n) is 14.7. The molecule has 1 atom stereocenters. The summed E-state index contributed by atoms with van der Waals surface area (Å²) in [7, 11) is 0. The fraction of sp³-hybridized carbons (Fsp3) is 0.611. The number of hydrogen-bond donors (Lipinski definition) is 0. The molecule has 2 aromatic carbocycles. The van der Waals surface area contributed by atoms with Crippen LogP contribution in [0, 0.1) is 5.41 Å². The minimum absolute atomic E-state index is 0.0324. The lowest BCUT2D eigenvalue weighted by molar-refractivity contribution is -0.153. The smallest absolute Gasteiger partial charge is 0.410 e. The highest BCUT2D eigenvalue weighted by Crippen LogP contribution is 2.53. The number of fused-ring (bicyclic) bond motifs is 1. The highest BCUT2D eigenvalue weighted by molar-refractivity contribution is 5.80. The summed E-state index contributed by atoms with van der Waals surface area (Å²) in [6, 6.07) is 15.6. The Bertz CT molecular complexity index is 1330. The van der Waals surface area contributed by atoms with Crippen LogP contribution in [0.25, 0.3) is 0 Å². The fourth-order valence-electron chi connectivity index (χ4n) is 7.82. The number of amides is 2. The Morgan fingerprint density at radius 1 is 1.09 bits per heavy atom. The van der Waals surface area contributed by atoms with E-state index in [-0.39, 0.29) is 29.5 Å². The van der Waals surface area contributed by atoms with Gasteiger partial charge in [-0.2, -0.15) is 0 Å². The van der Waals surface area contributed by atoms with Crippen molar-refractivity contribution in [3.63, 3.8) is 0 Å². The third-order valence-electron chi connectivity index (χ3n) is 9.98. The quantitative estimate of drug-likeness (QED) is 0.390. The summed E-state index contributed by atoms with van der Waals surface area (Å²) in [6.07, 6.45) is 5.90. The lowest BCUT2D eigenvalue weighted by Crippen LogP contribution is -2.62. The molecule has 3 fully saturated rings. The minimum Gasteiger partial charge on any atom is -0.493 e. The summed E-state index contributed by atoms with van der Waals surface area (Å²) in [4.78, 5) is 33.2. The van der Waals surface area contributed by atoms with Crippen LogP contribution in [-0.2, 0) is 22.5 Å². The van der Waals surface area contributed by atoms with Crippen molar-refractivity contribution in [2.75, 3.05) is 32.8 Å². The van der Waals surface area contributed by atoms with Gasteiger partial charge in [0.2, 0.25) is 5.91 Å². The molecule has 1 aliphatic carbocycles. The van der Waals surface area contributed by atoms with E-state index in [9.17, 15) is 9.59 Å². The molecule has 7 heteroatoms. The van der Waals surface area contributed by atoms with Crippen molar-refractivity contribution in [3.05, 3.63) is 64.7 Å². The van der Waals surface area contributed by atoms with Crippen molar-refractivity contribution >= 4 is 12.0 Å². The van der Waals surface area contributed by atoms with E-state index < -0.39 is 5.60 Å². The number of piperidine rings is 1. The molecule has 2 saturated heterocycles. The highest BCUT2D eigenvalue weighted by atomic mass is 16.6. The lowest BCUT2D eigenvalue weighted by Gasteiger charge is -2.58. The predicted octanol–water partition coefficient (Wildman–Crippen LogP) is 6.70. The number of ether oxygens (including phenoxy) is 2. The monoisotopic (exact) mass is 587 g/mol. The third kappa shape index (κ3) is 6.43. The molecule has 7 nitrogen and oxygen atoms in total. The van der Waals surface area contributed by atoms with Crippen LogP contribution < -0.4 is 4.74 Å². The van der Waals surface area contributed by atoms with E-state index in [2.05, 4.69) is 66.1 Å². The second kappa shape index (κ2) is 11.8. The van der Waals surface area contributed by atoms with Gasteiger partial charge in [-0.1, -0.05) is 50.2 Å². The molecule has 43 heavy (non-hydrogen) atoms. The van der Waals surface area contributed by atoms with Gasteiger partial charge in [0.25, 0.3) is 0 Å². The predicted molar refractivity (Wildman–Crippen MR) is 168 cm³/mol. The zero-order valence-electron chi connectivity index (χ0n) is 26.7.